The van der Waals surface area contributed by atoms with Crippen molar-refractivity contribution in [1.82, 2.24) is 20.0 Å². The predicted molar refractivity (Wildman–Crippen MR) is 101 cm³/mol. The van der Waals surface area contributed by atoms with Crippen molar-refractivity contribution < 1.29 is 0 Å². The van der Waals surface area contributed by atoms with Crippen LogP contribution in [0.15, 0.2) is 4.99 Å². The second-order valence-corrected chi connectivity index (χ2v) is 7.49. The molecular weight excluding hydrogens is 298 g/mol. The fourth-order valence-electron chi connectivity index (χ4n) is 3.76. The second-order valence-electron chi connectivity index (χ2n) is 7.49. The Morgan fingerprint density at radius 2 is 2.12 bits per heavy atom. The fourth-order valence-corrected chi connectivity index (χ4v) is 3.76. The first kappa shape index (κ1) is 18.8. The molecule has 1 aromatic rings. The zero-order chi connectivity index (χ0) is 17.7. The lowest BCUT2D eigenvalue weighted by molar-refractivity contribution is 0.403. The minimum absolute atomic E-state index is 0.783. The summed E-state index contributed by atoms with van der Waals surface area (Å²) in [6, 6.07) is 0. The Balaban J connectivity index is 1.96. The fraction of sp³-hybridized carbons (Fsp3) is 0.789. The largest absolute Gasteiger partial charge is 0.357 e. The Hall–Kier alpha value is -1.52. The number of guanidine groups is 1. The van der Waals surface area contributed by atoms with Crippen LogP contribution in [0, 0.1) is 25.7 Å². The number of aliphatic imine (C=N–C) groups is 1. The topological polar surface area (TPSA) is 45.5 Å². The molecule has 0 aromatic carbocycles. The average Bonchev–Trinajstić information content (AvgIpc) is 3.05. The number of likely N-dealkylation sites (tertiary alicyclic amines) is 1. The van der Waals surface area contributed by atoms with Crippen molar-refractivity contribution in [2.24, 2.45) is 23.9 Å². The number of hydrogen-bond acceptors (Lipinski definition) is 2. The number of aromatic nitrogens is 2. The molecule has 136 valence electrons. The molecule has 2 heterocycles. The van der Waals surface area contributed by atoms with Crippen molar-refractivity contribution in [2.75, 3.05) is 26.2 Å². The van der Waals surface area contributed by atoms with Crippen molar-refractivity contribution in [3.8, 4) is 0 Å². The first-order valence-electron chi connectivity index (χ1n) is 9.44. The van der Waals surface area contributed by atoms with Crippen molar-refractivity contribution in [2.45, 2.75) is 53.9 Å². The molecule has 0 radical (unpaired) electrons. The van der Waals surface area contributed by atoms with Crippen molar-refractivity contribution in [1.29, 1.82) is 0 Å². The summed E-state index contributed by atoms with van der Waals surface area (Å²) >= 11 is 0. The van der Waals surface area contributed by atoms with E-state index in [1.54, 1.807) is 0 Å². The molecule has 1 aromatic heterocycles. The molecule has 0 saturated carbocycles. The van der Waals surface area contributed by atoms with Crippen LogP contribution in [-0.4, -0.2) is 46.8 Å². The summed E-state index contributed by atoms with van der Waals surface area (Å²) in [6.45, 7) is 15.0. The first-order chi connectivity index (χ1) is 11.4. The smallest absolute Gasteiger partial charge is 0.193 e. The summed E-state index contributed by atoms with van der Waals surface area (Å²) in [4.78, 5) is 7.33. The Bertz CT molecular complexity index is 558. The number of nitrogens with zero attached hydrogens (tertiary/aromatic N) is 4. The van der Waals surface area contributed by atoms with E-state index in [9.17, 15) is 0 Å². The lowest BCUT2D eigenvalue weighted by Crippen LogP contribution is -2.40. The highest BCUT2D eigenvalue weighted by Crippen LogP contribution is 2.23. The van der Waals surface area contributed by atoms with E-state index in [-0.39, 0.29) is 0 Å². The second kappa shape index (κ2) is 8.54. The van der Waals surface area contributed by atoms with Gasteiger partial charge in [0.25, 0.3) is 0 Å². The Labute approximate surface area is 147 Å². The van der Waals surface area contributed by atoms with Crippen LogP contribution in [0.25, 0.3) is 0 Å². The van der Waals surface area contributed by atoms with Crippen LogP contribution in [-0.2, 0) is 13.5 Å². The van der Waals surface area contributed by atoms with Crippen molar-refractivity contribution in [3.63, 3.8) is 0 Å². The molecule has 1 N–H and O–H groups in total. The lowest BCUT2D eigenvalue weighted by atomic mass is 9.97. The molecule has 1 saturated heterocycles. The van der Waals surface area contributed by atoms with Gasteiger partial charge in [0.15, 0.2) is 5.96 Å². The molecular formula is C19H35N5. The van der Waals surface area contributed by atoms with Crippen LogP contribution in [0.5, 0.6) is 0 Å². The third-order valence-electron chi connectivity index (χ3n) is 5.01. The Morgan fingerprint density at radius 1 is 1.38 bits per heavy atom. The van der Waals surface area contributed by atoms with E-state index in [0.717, 1.165) is 56.1 Å². The number of hydrogen-bond donors (Lipinski definition) is 1. The van der Waals surface area contributed by atoms with E-state index >= 15 is 0 Å². The van der Waals surface area contributed by atoms with Gasteiger partial charge in [0.05, 0.1) is 5.69 Å². The molecule has 1 aliphatic heterocycles. The Kier molecular flexibility index (Phi) is 6.69. The van der Waals surface area contributed by atoms with Gasteiger partial charge >= 0.3 is 0 Å². The summed E-state index contributed by atoms with van der Waals surface area (Å²) in [5.41, 5.74) is 3.73. The highest BCUT2D eigenvalue weighted by molar-refractivity contribution is 5.80. The minimum Gasteiger partial charge on any atom is -0.357 e. The molecule has 1 aliphatic rings. The molecule has 2 rings (SSSR count). The zero-order valence-electron chi connectivity index (χ0n) is 16.4. The summed E-state index contributed by atoms with van der Waals surface area (Å²) in [6.07, 6.45) is 3.58. The third kappa shape index (κ3) is 4.74. The Morgan fingerprint density at radius 3 is 2.71 bits per heavy atom. The summed E-state index contributed by atoms with van der Waals surface area (Å²) in [7, 11) is 2.01. The van der Waals surface area contributed by atoms with Crippen LogP contribution in [0.4, 0.5) is 0 Å². The van der Waals surface area contributed by atoms with Gasteiger partial charge in [0.1, 0.15) is 0 Å². The van der Waals surface area contributed by atoms with E-state index in [1.165, 1.54) is 24.1 Å². The molecule has 1 atom stereocenters. The molecule has 5 nitrogen and oxygen atoms in total. The van der Waals surface area contributed by atoms with Crippen molar-refractivity contribution in [3.05, 3.63) is 17.0 Å². The molecule has 0 spiro atoms. The number of rotatable bonds is 6. The van der Waals surface area contributed by atoms with Gasteiger partial charge in [-0.05, 0) is 57.4 Å². The van der Waals surface area contributed by atoms with Gasteiger partial charge < -0.3 is 10.2 Å². The maximum atomic E-state index is 4.89. The highest BCUT2D eigenvalue weighted by Gasteiger charge is 2.25. The zero-order valence-corrected chi connectivity index (χ0v) is 16.4. The molecule has 5 heteroatoms. The van der Waals surface area contributed by atoms with Crippen LogP contribution in [0.3, 0.4) is 0 Å². The van der Waals surface area contributed by atoms with E-state index in [2.05, 4.69) is 49.9 Å². The van der Waals surface area contributed by atoms with Crippen molar-refractivity contribution >= 4 is 5.96 Å². The summed E-state index contributed by atoms with van der Waals surface area (Å²) in [5, 5.41) is 7.98. The van der Waals surface area contributed by atoms with E-state index < -0.39 is 0 Å². The van der Waals surface area contributed by atoms with Crippen LogP contribution < -0.4 is 5.32 Å². The number of aryl methyl sites for hydroxylation is 2. The average molecular weight is 334 g/mol. The standard InChI is InChI=1S/C19H35N5/c1-7-20-19(24-11-9-17(13-24)12-14(2)3)21-10-8-18-15(4)22-23(6)16(18)5/h14,17H,7-13H2,1-6H3,(H,20,21). The monoisotopic (exact) mass is 333 g/mol. The molecule has 1 unspecified atom stereocenters. The molecule has 0 aliphatic carbocycles. The number of nitrogens with one attached hydrogen (secondary N) is 1. The first-order valence-corrected chi connectivity index (χ1v) is 9.44. The molecule has 0 bridgehead atoms. The van der Waals surface area contributed by atoms with Crippen LogP contribution in [0.2, 0.25) is 0 Å². The van der Waals surface area contributed by atoms with Gasteiger partial charge in [0.2, 0.25) is 0 Å². The van der Waals surface area contributed by atoms with Gasteiger partial charge in [-0.3, -0.25) is 9.67 Å². The maximum Gasteiger partial charge on any atom is 0.193 e. The summed E-state index contributed by atoms with van der Waals surface area (Å²) < 4.78 is 1.97. The SMILES string of the molecule is CCNC(=NCCc1c(C)nn(C)c1C)N1CCC(CC(C)C)C1. The van der Waals surface area contributed by atoms with E-state index in [4.69, 9.17) is 4.99 Å². The van der Waals surface area contributed by atoms with Gasteiger partial charge in [-0.25, -0.2) is 0 Å². The normalized spacial score (nSPS) is 18.7. The highest BCUT2D eigenvalue weighted by atomic mass is 15.3. The van der Waals surface area contributed by atoms with Gasteiger partial charge in [-0.1, -0.05) is 13.8 Å². The van der Waals surface area contributed by atoms with Crippen LogP contribution in [0.1, 0.15) is 50.6 Å². The van der Waals surface area contributed by atoms with E-state index in [1.807, 2.05) is 11.7 Å². The lowest BCUT2D eigenvalue weighted by Gasteiger charge is -2.22. The van der Waals surface area contributed by atoms with Crippen LogP contribution >= 0.6 is 0 Å². The predicted octanol–water partition coefficient (Wildman–Crippen LogP) is 2.91. The minimum atomic E-state index is 0.783. The quantitative estimate of drug-likeness (QED) is 0.643. The van der Waals surface area contributed by atoms with Gasteiger partial charge in [-0.15, -0.1) is 0 Å². The van der Waals surface area contributed by atoms with E-state index in [0.29, 0.717) is 0 Å². The summed E-state index contributed by atoms with van der Waals surface area (Å²) in [5.74, 6) is 2.69. The van der Waals surface area contributed by atoms with Gasteiger partial charge in [0, 0.05) is 38.9 Å². The molecule has 24 heavy (non-hydrogen) atoms. The third-order valence-corrected chi connectivity index (χ3v) is 5.01. The maximum absolute atomic E-state index is 4.89. The molecule has 1 fully saturated rings. The molecule has 0 amide bonds. The van der Waals surface area contributed by atoms with Gasteiger partial charge in [-0.2, -0.15) is 5.10 Å².